The van der Waals surface area contributed by atoms with Crippen LogP contribution in [0.5, 0.6) is 0 Å². The molecular formula is C19H21FN2O5S. The van der Waals surface area contributed by atoms with Gasteiger partial charge in [-0.3, -0.25) is 9.10 Å². The number of methoxy groups -OCH3 is 1. The topological polar surface area (TPSA) is 92.8 Å². The maximum Gasteiger partial charge on any atom is 0.337 e. The number of nitrogens with one attached hydrogen (secondary N) is 1. The highest BCUT2D eigenvalue weighted by molar-refractivity contribution is 7.92. The summed E-state index contributed by atoms with van der Waals surface area (Å²) in [4.78, 5) is 24.2. The zero-order valence-electron chi connectivity index (χ0n) is 15.7. The van der Waals surface area contributed by atoms with Crippen molar-refractivity contribution >= 4 is 33.3 Å². The molecule has 2 rings (SSSR count). The van der Waals surface area contributed by atoms with Crippen LogP contribution in [0.15, 0.2) is 48.5 Å². The van der Waals surface area contributed by atoms with Crippen molar-refractivity contribution in [3.05, 3.63) is 59.9 Å². The number of benzene rings is 2. The zero-order chi connectivity index (χ0) is 20.9. The van der Waals surface area contributed by atoms with Crippen molar-refractivity contribution in [2.45, 2.75) is 19.4 Å². The summed E-state index contributed by atoms with van der Waals surface area (Å²) in [5.74, 6) is -1.89. The minimum Gasteiger partial charge on any atom is -0.465 e. The van der Waals surface area contributed by atoms with Gasteiger partial charge in [-0.05, 0) is 42.8 Å². The molecule has 0 aliphatic rings. The molecule has 0 bridgehead atoms. The first-order valence-electron chi connectivity index (χ1n) is 8.42. The van der Waals surface area contributed by atoms with Gasteiger partial charge in [-0.15, -0.1) is 0 Å². The lowest BCUT2D eigenvalue weighted by Crippen LogP contribution is -2.47. The molecule has 2 aromatic carbocycles. The lowest BCUT2D eigenvalue weighted by atomic mass is 10.1. The molecule has 0 spiro atoms. The van der Waals surface area contributed by atoms with Gasteiger partial charge in [0.05, 0.1) is 24.6 Å². The molecule has 0 saturated carbocycles. The highest BCUT2D eigenvalue weighted by atomic mass is 32.2. The SMILES string of the molecule is CC[C@@H](C(=O)Nc1ccc(C(=O)OC)cc1)N(c1ccccc1F)S(C)(=O)=O. The van der Waals surface area contributed by atoms with E-state index in [-0.39, 0.29) is 12.1 Å². The average molecular weight is 408 g/mol. The minimum absolute atomic E-state index is 0.119. The van der Waals surface area contributed by atoms with Crippen molar-refractivity contribution in [1.82, 2.24) is 0 Å². The maximum atomic E-state index is 14.2. The molecule has 7 nitrogen and oxygen atoms in total. The molecule has 2 aromatic rings. The van der Waals surface area contributed by atoms with Crippen molar-refractivity contribution in [1.29, 1.82) is 0 Å². The minimum atomic E-state index is -3.94. The summed E-state index contributed by atoms with van der Waals surface area (Å²) in [6.45, 7) is 1.63. The zero-order valence-corrected chi connectivity index (χ0v) is 16.5. The van der Waals surface area contributed by atoms with E-state index in [2.05, 4.69) is 10.1 Å². The average Bonchev–Trinajstić information content (AvgIpc) is 2.65. The first-order chi connectivity index (χ1) is 13.2. The Bertz CT molecular complexity index is 961. The van der Waals surface area contributed by atoms with Crippen LogP contribution in [0.3, 0.4) is 0 Å². The number of anilines is 2. The summed E-state index contributed by atoms with van der Waals surface area (Å²) in [6.07, 6.45) is 1.04. The molecule has 1 atom stereocenters. The quantitative estimate of drug-likeness (QED) is 0.711. The van der Waals surface area contributed by atoms with Crippen molar-refractivity contribution in [3.63, 3.8) is 0 Å². The molecule has 28 heavy (non-hydrogen) atoms. The predicted octanol–water partition coefficient (Wildman–Crippen LogP) is 2.80. The Labute approximate surface area is 163 Å². The van der Waals surface area contributed by atoms with Gasteiger partial charge in [-0.25, -0.2) is 17.6 Å². The van der Waals surface area contributed by atoms with Crippen LogP contribution in [0, 0.1) is 5.82 Å². The first kappa shape index (κ1) is 21.4. The normalized spacial score (nSPS) is 12.1. The molecule has 0 fully saturated rings. The van der Waals surface area contributed by atoms with Crippen LogP contribution >= 0.6 is 0 Å². The van der Waals surface area contributed by atoms with Gasteiger partial charge >= 0.3 is 5.97 Å². The van der Waals surface area contributed by atoms with Gasteiger partial charge in [0.15, 0.2) is 0 Å². The number of halogens is 1. The molecular weight excluding hydrogens is 387 g/mol. The van der Waals surface area contributed by atoms with E-state index in [0.29, 0.717) is 11.3 Å². The summed E-state index contributed by atoms with van der Waals surface area (Å²) in [6, 6.07) is 10.1. The van der Waals surface area contributed by atoms with Crippen LogP contribution in [-0.4, -0.2) is 39.7 Å². The summed E-state index contributed by atoms with van der Waals surface area (Å²) >= 11 is 0. The van der Waals surface area contributed by atoms with Gasteiger partial charge in [0.1, 0.15) is 11.9 Å². The number of nitrogens with zero attached hydrogens (tertiary/aromatic N) is 1. The van der Waals surface area contributed by atoms with Crippen LogP contribution in [0.2, 0.25) is 0 Å². The Morgan fingerprint density at radius 2 is 1.75 bits per heavy atom. The molecule has 1 N–H and O–H groups in total. The van der Waals surface area contributed by atoms with Crippen LogP contribution < -0.4 is 9.62 Å². The number of carbonyl (C=O) groups excluding carboxylic acids is 2. The van der Waals surface area contributed by atoms with E-state index in [4.69, 9.17) is 0 Å². The van der Waals surface area contributed by atoms with E-state index in [0.717, 1.165) is 16.6 Å². The van der Waals surface area contributed by atoms with E-state index in [9.17, 15) is 22.4 Å². The second kappa shape index (κ2) is 8.83. The number of sulfonamides is 1. The predicted molar refractivity (Wildman–Crippen MR) is 104 cm³/mol. The molecule has 0 saturated heterocycles. The van der Waals surface area contributed by atoms with Gasteiger partial charge in [0.2, 0.25) is 15.9 Å². The largest absolute Gasteiger partial charge is 0.465 e. The summed E-state index contributed by atoms with van der Waals surface area (Å²) < 4.78 is 44.3. The number of para-hydroxylation sites is 1. The van der Waals surface area contributed by atoms with Crippen LogP contribution in [0.1, 0.15) is 23.7 Å². The highest BCUT2D eigenvalue weighted by Crippen LogP contribution is 2.26. The molecule has 0 heterocycles. The van der Waals surface area contributed by atoms with Gasteiger partial charge in [0, 0.05) is 5.69 Å². The standard InChI is InChI=1S/C19H21FN2O5S/c1-4-16(22(28(3,25)26)17-8-6-5-7-15(17)20)18(23)21-14-11-9-13(10-12-14)19(24)27-2/h5-12,16H,4H2,1-3H3,(H,21,23)/t16-/m0/s1. The summed E-state index contributed by atoms with van der Waals surface area (Å²) in [5, 5.41) is 2.60. The lowest BCUT2D eigenvalue weighted by Gasteiger charge is -2.30. The van der Waals surface area contributed by atoms with E-state index in [1.165, 1.54) is 49.6 Å². The fourth-order valence-corrected chi connectivity index (χ4v) is 3.91. The number of ether oxygens (including phenoxy) is 1. The molecule has 0 aromatic heterocycles. The number of hydrogen-bond donors (Lipinski definition) is 1. The Morgan fingerprint density at radius 3 is 2.25 bits per heavy atom. The van der Waals surface area contributed by atoms with Crippen LogP contribution in [0.4, 0.5) is 15.8 Å². The fraction of sp³-hybridized carbons (Fsp3) is 0.263. The Morgan fingerprint density at radius 1 is 1.14 bits per heavy atom. The number of amides is 1. The van der Waals surface area contributed by atoms with Crippen molar-refractivity contribution in [3.8, 4) is 0 Å². The number of hydrogen-bond acceptors (Lipinski definition) is 5. The Kier molecular flexibility index (Phi) is 6.74. The van der Waals surface area contributed by atoms with E-state index >= 15 is 0 Å². The summed E-state index contributed by atoms with van der Waals surface area (Å²) in [7, 11) is -2.68. The summed E-state index contributed by atoms with van der Waals surface area (Å²) in [5.41, 5.74) is 0.461. The second-order valence-electron chi connectivity index (χ2n) is 5.99. The number of rotatable bonds is 7. The third-order valence-corrected chi connectivity index (χ3v) is 5.16. The Balaban J connectivity index is 2.32. The second-order valence-corrected chi connectivity index (χ2v) is 7.85. The maximum absolute atomic E-state index is 14.2. The molecule has 0 aliphatic heterocycles. The molecule has 0 aliphatic carbocycles. The van der Waals surface area contributed by atoms with Crippen molar-refractivity contribution in [2.75, 3.05) is 23.0 Å². The van der Waals surface area contributed by atoms with Crippen molar-refractivity contribution in [2.24, 2.45) is 0 Å². The van der Waals surface area contributed by atoms with Gasteiger partial charge in [-0.2, -0.15) is 0 Å². The smallest absolute Gasteiger partial charge is 0.337 e. The van der Waals surface area contributed by atoms with Gasteiger partial charge in [0.25, 0.3) is 0 Å². The molecule has 150 valence electrons. The van der Waals surface area contributed by atoms with Crippen LogP contribution in [0.25, 0.3) is 0 Å². The van der Waals surface area contributed by atoms with Gasteiger partial charge in [-0.1, -0.05) is 19.1 Å². The molecule has 9 heteroatoms. The first-order valence-corrected chi connectivity index (χ1v) is 10.3. The van der Waals surface area contributed by atoms with Crippen LogP contribution in [-0.2, 0) is 19.6 Å². The van der Waals surface area contributed by atoms with E-state index in [1.54, 1.807) is 6.92 Å². The highest BCUT2D eigenvalue weighted by Gasteiger charge is 2.33. The molecule has 0 unspecified atom stereocenters. The van der Waals surface area contributed by atoms with E-state index in [1.807, 2.05) is 0 Å². The van der Waals surface area contributed by atoms with E-state index < -0.39 is 33.8 Å². The van der Waals surface area contributed by atoms with Crippen molar-refractivity contribution < 1.29 is 27.1 Å². The van der Waals surface area contributed by atoms with Gasteiger partial charge < -0.3 is 10.1 Å². The monoisotopic (exact) mass is 408 g/mol. The number of carbonyl (C=O) groups is 2. The molecule has 0 radical (unpaired) electrons. The molecule has 1 amide bonds. The third-order valence-electron chi connectivity index (χ3n) is 3.99. The Hall–Kier alpha value is -2.94. The fourth-order valence-electron chi connectivity index (χ4n) is 2.70. The third kappa shape index (κ3) is 4.86. The number of esters is 1. The lowest BCUT2D eigenvalue weighted by molar-refractivity contribution is -0.117.